The first kappa shape index (κ1) is 21.1. The molecule has 4 aromatic rings. The molecule has 0 amide bonds. The highest BCUT2D eigenvalue weighted by Gasteiger charge is 2.16. The van der Waals surface area contributed by atoms with Crippen molar-refractivity contribution in [3.63, 3.8) is 0 Å². The van der Waals surface area contributed by atoms with E-state index >= 15 is 0 Å². The van der Waals surface area contributed by atoms with Crippen molar-refractivity contribution in [2.75, 3.05) is 11.9 Å². The Bertz CT molecular complexity index is 1330. The van der Waals surface area contributed by atoms with E-state index in [0.717, 1.165) is 26.9 Å². The second-order valence-electron chi connectivity index (χ2n) is 6.54. The lowest BCUT2D eigenvalue weighted by Crippen LogP contribution is -1.98. The zero-order valence-electron chi connectivity index (χ0n) is 16.3. The lowest BCUT2D eigenvalue weighted by molar-refractivity contribution is 0.112. The molecule has 0 bridgehead atoms. The molecule has 0 fully saturated rings. The van der Waals surface area contributed by atoms with Crippen LogP contribution in [0.5, 0.6) is 5.75 Å². The van der Waals surface area contributed by atoms with E-state index < -0.39 is 0 Å². The zero-order chi connectivity index (χ0) is 22.0. The van der Waals surface area contributed by atoms with Crippen LogP contribution < -0.4 is 10.1 Å². The van der Waals surface area contributed by atoms with Crippen molar-refractivity contribution in [3.8, 4) is 22.3 Å². The number of anilines is 2. The number of ether oxygens (including phenoxy) is 1. The molecule has 0 saturated heterocycles. The van der Waals surface area contributed by atoms with Crippen LogP contribution in [0.25, 0.3) is 20.7 Å². The summed E-state index contributed by atoms with van der Waals surface area (Å²) in [6.45, 7) is 2.33. The van der Waals surface area contributed by atoms with Crippen molar-refractivity contribution in [3.05, 3.63) is 69.8 Å². The maximum Gasteiger partial charge on any atom is 0.150 e. The molecule has 31 heavy (non-hydrogen) atoms. The van der Waals surface area contributed by atoms with Crippen molar-refractivity contribution in [1.29, 1.82) is 5.26 Å². The molecular weight excluding hydrogens is 453 g/mol. The molecule has 154 valence electrons. The number of pyridine rings is 1. The molecule has 0 saturated carbocycles. The van der Waals surface area contributed by atoms with Gasteiger partial charge in [-0.3, -0.25) is 9.78 Å². The Kier molecular flexibility index (Phi) is 6.10. The van der Waals surface area contributed by atoms with Gasteiger partial charge in [0.1, 0.15) is 18.1 Å². The first-order chi connectivity index (χ1) is 15.0. The van der Waals surface area contributed by atoms with E-state index in [-0.39, 0.29) is 0 Å². The van der Waals surface area contributed by atoms with E-state index in [9.17, 15) is 10.1 Å². The average Bonchev–Trinajstić information content (AvgIpc) is 3.22. The highest BCUT2D eigenvalue weighted by Crippen LogP contribution is 2.41. The van der Waals surface area contributed by atoms with Crippen LogP contribution in [0, 0.1) is 11.3 Å². The number of aldehydes is 1. The van der Waals surface area contributed by atoms with Crippen LogP contribution in [0.3, 0.4) is 0 Å². The van der Waals surface area contributed by atoms with Gasteiger partial charge in [-0.2, -0.15) is 5.26 Å². The third-order valence-electron chi connectivity index (χ3n) is 4.57. The molecule has 0 aliphatic rings. The van der Waals surface area contributed by atoms with Crippen LogP contribution in [0.15, 0.2) is 48.7 Å². The predicted octanol–water partition coefficient (Wildman–Crippen LogP) is 7.10. The molecule has 4 rings (SSSR count). The lowest BCUT2D eigenvalue weighted by atomic mass is 10.1. The molecule has 0 atom stereocenters. The van der Waals surface area contributed by atoms with Crippen LogP contribution in [0.1, 0.15) is 22.8 Å². The molecule has 2 heterocycles. The maximum atomic E-state index is 10.9. The van der Waals surface area contributed by atoms with E-state index in [2.05, 4.69) is 16.4 Å². The number of nitrogens with one attached hydrogen (secondary N) is 1. The van der Waals surface area contributed by atoms with Crippen molar-refractivity contribution in [2.45, 2.75) is 6.92 Å². The summed E-state index contributed by atoms with van der Waals surface area (Å²) in [5.74, 6) is 0.502. The number of hydrogen-bond acceptors (Lipinski definition) is 6. The summed E-state index contributed by atoms with van der Waals surface area (Å²) in [5.41, 5.74) is 3.89. The summed E-state index contributed by atoms with van der Waals surface area (Å²) in [6, 6.07) is 14.8. The minimum absolute atomic E-state index is 0.390. The maximum absolute atomic E-state index is 10.9. The summed E-state index contributed by atoms with van der Waals surface area (Å²) >= 11 is 14.1. The molecule has 5 nitrogen and oxygen atoms in total. The van der Waals surface area contributed by atoms with E-state index in [4.69, 9.17) is 27.9 Å². The van der Waals surface area contributed by atoms with Crippen molar-refractivity contribution in [2.24, 2.45) is 0 Å². The van der Waals surface area contributed by atoms with Gasteiger partial charge in [-0.1, -0.05) is 47.5 Å². The number of halogens is 2. The van der Waals surface area contributed by atoms with Crippen LogP contribution in [-0.4, -0.2) is 17.9 Å². The molecule has 2 aromatic carbocycles. The summed E-state index contributed by atoms with van der Waals surface area (Å²) in [5, 5.41) is 13.7. The standard InChI is InChI=1S/C23H15Cl2N3O2S/c1-2-30-20-8-18(16(24)7-17(20)25)28-22-15(10-26)11-27-19-9-21(31-23(19)22)14-5-3-13(12-29)4-6-14/h3-9,11-12H,2H2,1H3,(H,27,28). The minimum Gasteiger partial charge on any atom is -0.492 e. The predicted molar refractivity (Wildman–Crippen MR) is 126 cm³/mol. The Hall–Kier alpha value is -3.11. The number of rotatable bonds is 6. The summed E-state index contributed by atoms with van der Waals surface area (Å²) in [6.07, 6.45) is 2.34. The van der Waals surface area contributed by atoms with E-state index in [1.54, 1.807) is 24.3 Å². The molecule has 1 N–H and O–H groups in total. The highest BCUT2D eigenvalue weighted by atomic mass is 35.5. The number of nitrogens with zero attached hydrogens (tertiary/aromatic N) is 2. The lowest BCUT2D eigenvalue weighted by Gasteiger charge is -2.14. The van der Waals surface area contributed by atoms with Gasteiger partial charge < -0.3 is 10.1 Å². The summed E-state index contributed by atoms with van der Waals surface area (Å²) in [7, 11) is 0. The third kappa shape index (κ3) is 4.21. The number of thiophene rings is 1. The van der Waals surface area contributed by atoms with Gasteiger partial charge in [0.15, 0.2) is 0 Å². The third-order valence-corrected chi connectivity index (χ3v) is 6.37. The Morgan fingerprint density at radius 1 is 1.19 bits per heavy atom. The number of fused-ring (bicyclic) bond motifs is 1. The Labute approximate surface area is 192 Å². The number of nitriles is 1. The summed E-state index contributed by atoms with van der Waals surface area (Å²) < 4.78 is 6.38. The second-order valence-corrected chi connectivity index (χ2v) is 8.41. The molecule has 8 heteroatoms. The molecule has 0 radical (unpaired) electrons. The fourth-order valence-electron chi connectivity index (χ4n) is 3.08. The second kappa shape index (κ2) is 8.94. The monoisotopic (exact) mass is 467 g/mol. The van der Waals surface area contributed by atoms with Gasteiger partial charge in [-0.05, 0) is 24.6 Å². The van der Waals surface area contributed by atoms with Gasteiger partial charge in [-0.15, -0.1) is 11.3 Å². The van der Waals surface area contributed by atoms with E-state index in [1.165, 1.54) is 17.5 Å². The fraction of sp³-hybridized carbons (Fsp3) is 0.0870. The summed E-state index contributed by atoms with van der Waals surface area (Å²) in [4.78, 5) is 16.3. The largest absolute Gasteiger partial charge is 0.492 e. The fourth-order valence-corrected chi connectivity index (χ4v) is 4.69. The normalized spacial score (nSPS) is 10.6. The van der Waals surface area contributed by atoms with E-state index in [1.807, 2.05) is 25.1 Å². The molecule has 0 aliphatic carbocycles. The number of benzene rings is 2. The number of hydrogen-bond donors (Lipinski definition) is 1. The topological polar surface area (TPSA) is 75.0 Å². The first-order valence-electron chi connectivity index (χ1n) is 9.31. The molecule has 0 aliphatic heterocycles. The van der Waals surface area contributed by atoms with Gasteiger partial charge >= 0.3 is 0 Å². The number of aromatic nitrogens is 1. The molecular formula is C23H15Cl2N3O2S. The van der Waals surface area contributed by atoms with Gasteiger partial charge in [0.05, 0.1) is 43.8 Å². The SMILES string of the molecule is CCOc1cc(Nc2c(C#N)cnc3cc(-c4ccc(C=O)cc4)sc23)c(Cl)cc1Cl. The van der Waals surface area contributed by atoms with Gasteiger partial charge in [0.2, 0.25) is 0 Å². The Morgan fingerprint density at radius 2 is 1.97 bits per heavy atom. The molecule has 2 aromatic heterocycles. The van der Waals surface area contributed by atoms with Crippen LogP contribution in [-0.2, 0) is 0 Å². The van der Waals surface area contributed by atoms with Crippen molar-refractivity contribution >= 4 is 62.4 Å². The van der Waals surface area contributed by atoms with Crippen LogP contribution in [0.4, 0.5) is 11.4 Å². The zero-order valence-corrected chi connectivity index (χ0v) is 18.6. The van der Waals surface area contributed by atoms with Gasteiger partial charge in [0.25, 0.3) is 0 Å². The Morgan fingerprint density at radius 3 is 2.65 bits per heavy atom. The Balaban J connectivity index is 1.81. The number of carbonyl (C=O) groups excluding carboxylic acids is 1. The molecule has 0 unspecified atom stereocenters. The number of carbonyl (C=O) groups is 1. The smallest absolute Gasteiger partial charge is 0.150 e. The van der Waals surface area contributed by atoms with Crippen molar-refractivity contribution < 1.29 is 9.53 Å². The molecule has 0 spiro atoms. The quantitative estimate of drug-likeness (QED) is 0.306. The van der Waals surface area contributed by atoms with Crippen LogP contribution >= 0.6 is 34.5 Å². The van der Waals surface area contributed by atoms with Crippen molar-refractivity contribution in [1.82, 2.24) is 4.98 Å². The van der Waals surface area contributed by atoms with Gasteiger partial charge in [-0.25, -0.2) is 0 Å². The van der Waals surface area contributed by atoms with Crippen LogP contribution in [0.2, 0.25) is 10.0 Å². The van der Waals surface area contributed by atoms with Gasteiger partial charge in [0, 0.05) is 22.7 Å². The first-order valence-corrected chi connectivity index (χ1v) is 10.9. The highest BCUT2D eigenvalue weighted by molar-refractivity contribution is 7.22. The van der Waals surface area contributed by atoms with E-state index in [0.29, 0.717) is 44.9 Å². The average molecular weight is 468 g/mol. The minimum atomic E-state index is 0.390.